The highest BCUT2D eigenvalue weighted by Crippen LogP contribution is 2.28. The Morgan fingerprint density at radius 2 is 0.967 bits per heavy atom. The van der Waals surface area contributed by atoms with Gasteiger partial charge >= 0.3 is 11.9 Å². The third-order valence-electron chi connectivity index (χ3n) is 5.19. The molecule has 0 aromatic heterocycles. The van der Waals surface area contributed by atoms with Crippen molar-refractivity contribution in [2.45, 2.75) is 0 Å². The van der Waals surface area contributed by atoms with Crippen molar-refractivity contribution in [2.24, 2.45) is 0 Å². The maximum Gasteiger partial charge on any atom is 0.344 e. The van der Waals surface area contributed by atoms with Crippen LogP contribution in [0.1, 0.15) is 11.1 Å². The van der Waals surface area contributed by atoms with Crippen LogP contribution in [0.15, 0.2) is 60.7 Å². The maximum absolute atomic E-state index is 12.6. The summed E-state index contributed by atoms with van der Waals surface area (Å²) < 4.78 is 21.4. The molecule has 2 heterocycles. The van der Waals surface area contributed by atoms with Gasteiger partial charge in [0.25, 0.3) is 0 Å². The summed E-state index contributed by atoms with van der Waals surface area (Å²) in [6, 6.07) is 17.6. The first-order chi connectivity index (χ1) is 14.6. The minimum absolute atomic E-state index is 0.397. The quantitative estimate of drug-likeness (QED) is 0.493. The van der Waals surface area contributed by atoms with Crippen molar-refractivity contribution < 1.29 is 28.5 Å². The lowest BCUT2D eigenvalue weighted by Gasteiger charge is -2.03. The zero-order valence-electron chi connectivity index (χ0n) is 16.2. The second-order valence-electron chi connectivity index (χ2n) is 6.83. The van der Waals surface area contributed by atoms with Gasteiger partial charge in [-0.25, -0.2) is 9.59 Å². The van der Waals surface area contributed by atoms with Gasteiger partial charge in [0, 0.05) is 10.4 Å². The van der Waals surface area contributed by atoms with Gasteiger partial charge in [0.1, 0.15) is 23.0 Å². The summed E-state index contributed by atoms with van der Waals surface area (Å²) in [5.74, 6) is 1.27. The Hall–Kier alpha value is -4.06. The first kappa shape index (κ1) is 18.0. The molecule has 148 valence electrons. The topological polar surface area (TPSA) is 71.1 Å². The number of hydrogen-bond donors (Lipinski definition) is 0. The van der Waals surface area contributed by atoms with Crippen LogP contribution in [0.2, 0.25) is 0 Å². The van der Waals surface area contributed by atoms with Gasteiger partial charge < -0.3 is 18.9 Å². The fraction of sp³-hybridized carbons (Fsp3) is 0.0833. The number of hydrogen-bond acceptors (Lipinski definition) is 6. The Morgan fingerprint density at radius 1 is 0.600 bits per heavy atom. The van der Waals surface area contributed by atoms with E-state index < -0.39 is 11.9 Å². The van der Waals surface area contributed by atoms with Gasteiger partial charge in [-0.15, -0.1) is 0 Å². The third-order valence-corrected chi connectivity index (χ3v) is 5.19. The lowest BCUT2D eigenvalue weighted by Crippen LogP contribution is -2.11. The highest BCUT2D eigenvalue weighted by atomic mass is 16.5. The number of carbonyl (C=O) groups excluding carboxylic acids is 2. The summed E-state index contributed by atoms with van der Waals surface area (Å²) in [7, 11) is 3.16. The molecule has 0 fully saturated rings. The van der Waals surface area contributed by atoms with Crippen molar-refractivity contribution in [3.05, 3.63) is 82.2 Å². The molecule has 0 aliphatic carbocycles. The Bertz CT molecular complexity index is 1210. The minimum Gasteiger partial charge on any atom is -0.497 e. The average Bonchev–Trinajstić information content (AvgIpc) is 3.26. The van der Waals surface area contributed by atoms with Crippen molar-refractivity contribution in [1.29, 1.82) is 0 Å². The van der Waals surface area contributed by atoms with Gasteiger partial charge in [0.05, 0.1) is 25.4 Å². The molecule has 0 bridgehead atoms. The number of esters is 2. The van der Waals surface area contributed by atoms with E-state index in [1.54, 1.807) is 74.9 Å². The summed E-state index contributed by atoms with van der Waals surface area (Å²) in [6.07, 6.45) is 0. The van der Waals surface area contributed by atoms with Gasteiger partial charge in [-0.05, 0) is 47.5 Å². The fourth-order valence-electron chi connectivity index (χ4n) is 3.70. The van der Waals surface area contributed by atoms with E-state index in [1.165, 1.54) is 0 Å². The molecule has 0 saturated carbocycles. The van der Waals surface area contributed by atoms with Gasteiger partial charge in [0.15, 0.2) is 0 Å². The molecule has 2 aliphatic rings. The Kier molecular flexibility index (Phi) is 4.06. The number of rotatable bonds is 4. The highest BCUT2D eigenvalue weighted by Gasteiger charge is 2.30. The molecule has 3 aromatic rings. The van der Waals surface area contributed by atoms with Crippen LogP contribution in [-0.2, 0) is 9.59 Å². The van der Waals surface area contributed by atoms with E-state index in [0.717, 1.165) is 0 Å². The summed E-state index contributed by atoms with van der Waals surface area (Å²) in [5, 5.41) is 1.18. The molecule has 5 rings (SSSR count). The molecule has 0 amide bonds. The largest absolute Gasteiger partial charge is 0.497 e. The fourth-order valence-corrected chi connectivity index (χ4v) is 3.70. The van der Waals surface area contributed by atoms with Crippen molar-refractivity contribution in [2.75, 3.05) is 14.2 Å². The SMILES string of the molecule is COc1ccc(C2=c3cc4c(cc3OC2=O)=C(c2ccc(OC)cc2)C(=O)O4)cc1. The van der Waals surface area contributed by atoms with Crippen molar-refractivity contribution >= 4 is 23.1 Å². The Morgan fingerprint density at radius 3 is 1.30 bits per heavy atom. The van der Waals surface area contributed by atoms with Crippen LogP contribution < -0.4 is 29.4 Å². The number of benzene rings is 3. The number of ether oxygens (including phenoxy) is 4. The van der Waals surface area contributed by atoms with Crippen LogP contribution >= 0.6 is 0 Å². The van der Waals surface area contributed by atoms with Gasteiger partial charge in [-0.3, -0.25) is 0 Å². The lowest BCUT2D eigenvalue weighted by molar-refractivity contribution is -0.128. The molecule has 2 aliphatic heterocycles. The average molecular weight is 400 g/mol. The molecular formula is C24H16O6. The normalized spacial score (nSPS) is 14.2. The smallest absolute Gasteiger partial charge is 0.344 e. The van der Waals surface area contributed by atoms with E-state index in [2.05, 4.69) is 0 Å². The van der Waals surface area contributed by atoms with Crippen LogP contribution in [0.4, 0.5) is 0 Å². The maximum atomic E-state index is 12.6. The second-order valence-corrected chi connectivity index (χ2v) is 6.83. The number of methoxy groups -OCH3 is 2. The molecule has 0 atom stereocenters. The Balaban J connectivity index is 1.70. The standard InChI is InChI=1S/C24H16O6/c1-27-15-7-3-13(4-8-15)21-17-11-20-18(12-19(17)29-23(21)25)22(24(26)30-20)14-5-9-16(28-2)10-6-14/h3-12H,1-2H3. The summed E-state index contributed by atoms with van der Waals surface area (Å²) in [4.78, 5) is 25.2. The van der Waals surface area contributed by atoms with Crippen LogP contribution in [0.3, 0.4) is 0 Å². The highest BCUT2D eigenvalue weighted by molar-refractivity contribution is 6.21. The van der Waals surface area contributed by atoms with E-state index >= 15 is 0 Å². The molecular weight excluding hydrogens is 384 g/mol. The molecule has 0 radical (unpaired) electrons. The minimum atomic E-state index is -0.448. The number of fused-ring (bicyclic) bond motifs is 2. The first-order valence-electron chi connectivity index (χ1n) is 9.25. The third kappa shape index (κ3) is 2.73. The molecule has 0 unspecified atom stereocenters. The van der Waals surface area contributed by atoms with Crippen molar-refractivity contribution in [1.82, 2.24) is 0 Å². The molecule has 0 saturated heterocycles. The van der Waals surface area contributed by atoms with E-state index in [1.807, 2.05) is 0 Å². The second kappa shape index (κ2) is 6.77. The van der Waals surface area contributed by atoms with Gasteiger partial charge in [-0.1, -0.05) is 24.3 Å². The monoisotopic (exact) mass is 400 g/mol. The van der Waals surface area contributed by atoms with E-state index in [4.69, 9.17) is 18.9 Å². The van der Waals surface area contributed by atoms with E-state index in [9.17, 15) is 9.59 Å². The van der Waals surface area contributed by atoms with E-state index in [-0.39, 0.29) is 0 Å². The zero-order valence-corrected chi connectivity index (χ0v) is 16.2. The molecule has 0 spiro atoms. The first-order valence-corrected chi connectivity index (χ1v) is 9.25. The van der Waals surface area contributed by atoms with Crippen LogP contribution in [0.25, 0.3) is 11.1 Å². The van der Waals surface area contributed by atoms with Crippen molar-refractivity contribution in [3.8, 4) is 23.0 Å². The molecule has 6 nitrogen and oxygen atoms in total. The Labute approximate surface area is 171 Å². The van der Waals surface area contributed by atoms with Crippen molar-refractivity contribution in [3.63, 3.8) is 0 Å². The number of carbonyl (C=O) groups is 2. The van der Waals surface area contributed by atoms with Crippen LogP contribution in [-0.4, -0.2) is 26.2 Å². The molecule has 3 aromatic carbocycles. The summed E-state index contributed by atoms with van der Waals surface area (Å²) in [5.41, 5.74) is 2.24. The van der Waals surface area contributed by atoms with E-state index in [0.29, 0.717) is 55.7 Å². The molecule has 6 heteroatoms. The lowest BCUT2D eigenvalue weighted by atomic mass is 10.0. The molecule has 30 heavy (non-hydrogen) atoms. The van der Waals surface area contributed by atoms with Gasteiger partial charge in [0.2, 0.25) is 0 Å². The summed E-state index contributed by atoms with van der Waals surface area (Å²) >= 11 is 0. The predicted molar refractivity (Wildman–Crippen MR) is 108 cm³/mol. The zero-order chi connectivity index (χ0) is 20.8. The summed E-state index contributed by atoms with van der Waals surface area (Å²) in [6.45, 7) is 0. The predicted octanol–water partition coefficient (Wildman–Crippen LogP) is 1.94. The van der Waals surface area contributed by atoms with Crippen LogP contribution in [0, 0.1) is 0 Å². The van der Waals surface area contributed by atoms with Gasteiger partial charge in [-0.2, -0.15) is 0 Å². The van der Waals surface area contributed by atoms with Crippen LogP contribution in [0.5, 0.6) is 23.0 Å². The molecule has 0 N–H and O–H groups in total.